The number of hydrogen-bond acceptors (Lipinski definition) is 11. The number of hydrogen-bond donors (Lipinski definition) is 4. The maximum absolute atomic E-state index is 13.2. The number of aromatic nitrogens is 2. The standard InChI is InChI=1S/C32H28N8O5/c1-15-19-7-8-22(21(19)6-5-20(15)30-37-16(2)45-39-30)38-32(44)24-12-23(35-14-36-24)31(43)34-13-17-3-4-18-9-10-40(25(18)11-17)27-26(33)28(41)29(27)42/h3-6,11-12,14,22H,2,7-10,13,33H2,1H3,(H,34,43)(H,37,39)(H,38,44)/t22-/m0/s1. The maximum Gasteiger partial charge on any atom is 0.270 e. The normalized spacial score (nSPS) is 16.6. The number of amidine groups is 1. The van der Waals surface area contributed by atoms with Gasteiger partial charge in [-0.25, -0.2) is 15.4 Å². The van der Waals surface area contributed by atoms with Crippen LogP contribution in [-0.4, -0.2) is 34.2 Å². The fourth-order valence-corrected chi connectivity index (χ4v) is 6.22. The van der Waals surface area contributed by atoms with Crippen molar-refractivity contribution in [2.45, 2.75) is 38.8 Å². The minimum absolute atomic E-state index is 0.0220. The van der Waals surface area contributed by atoms with Gasteiger partial charge in [0.1, 0.15) is 29.1 Å². The number of carbonyl (C=O) groups excluding carboxylic acids is 2. The minimum atomic E-state index is -0.659. The summed E-state index contributed by atoms with van der Waals surface area (Å²) in [5.74, 6) is 0.0199. The third-order valence-corrected chi connectivity index (χ3v) is 8.58. The second-order valence-electron chi connectivity index (χ2n) is 11.2. The molecule has 0 radical (unpaired) electrons. The topological polar surface area (TPSA) is 181 Å². The SMILES string of the molecule is C=C1N=C(c2ccc3c(c2C)CC[C@@H]3NC(=O)c2cc(C(=O)NCc3ccc4c(c3)N(c3c(N)c(=O)c3=O)CC4)ncn2)NO1. The van der Waals surface area contributed by atoms with Crippen molar-refractivity contribution in [1.29, 1.82) is 0 Å². The van der Waals surface area contributed by atoms with Crippen LogP contribution in [0.5, 0.6) is 0 Å². The van der Waals surface area contributed by atoms with E-state index in [-0.39, 0.29) is 35.3 Å². The van der Waals surface area contributed by atoms with Crippen LogP contribution < -0.4 is 37.6 Å². The second kappa shape index (κ2) is 10.7. The highest BCUT2D eigenvalue weighted by Gasteiger charge is 2.31. The highest BCUT2D eigenvalue weighted by atomic mass is 16.7. The van der Waals surface area contributed by atoms with Crippen molar-refractivity contribution in [1.82, 2.24) is 26.1 Å². The molecule has 7 rings (SSSR count). The van der Waals surface area contributed by atoms with Gasteiger partial charge in [0.15, 0.2) is 5.84 Å². The summed E-state index contributed by atoms with van der Waals surface area (Å²) in [5.41, 5.74) is 14.4. The first-order valence-electron chi connectivity index (χ1n) is 14.4. The van der Waals surface area contributed by atoms with E-state index < -0.39 is 22.7 Å². The maximum atomic E-state index is 13.2. The Morgan fingerprint density at radius 2 is 1.89 bits per heavy atom. The average Bonchev–Trinajstić information content (AvgIpc) is 3.79. The first-order valence-corrected chi connectivity index (χ1v) is 14.4. The summed E-state index contributed by atoms with van der Waals surface area (Å²) in [7, 11) is 0. The van der Waals surface area contributed by atoms with Crippen LogP contribution in [-0.2, 0) is 24.2 Å². The van der Waals surface area contributed by atoms with E-state index in [1.165, 1.54) is 12.4 Å². The van der Waals surface area contributed by atoms with Gasteiger partial charge in [0.2, 0.25) is 5.88 Å². The molecule has 3 heterocycles. The number of anilines is 3. The molecule has 3 aromatic carbocycles. The Balaban J connectivity index is 1.01. The number of hydroxylamine groups is 1. The van der Waals surface area contributed by atoms with Crippen LogP contribution in [0.4, 0.5) is 17.1 Å². The van der Waals surface area contributed by atoms with Crippen LogP contribution in [0.25, 0.3) is 0 Å². The van der Waals surface area contributed by atoms with Crippen LogP contribution >= 0.6 is 0 Å². The number of nitrogens with zero attached hydrogens (tertiary/aromatic N) is 4. The Morgan fingerprint density at radius 3 is 2.64 bits per heavy atom. The molecule has 5 N–H and O–H groups in total. The fraction of sp³-hybridized carbons (Fsp3) is 0.219. The van der Waals surface area contributed by atoms with Crippen LogP contribution in [0.15, 0.2) is 69.8 Å². The zero-order valence-corrected chi connectivity index (χ0v) is 24.3. The highest BCUT2D eigenvalue weighted by molar-refractivity contribution is 6.01. The van der Waals surface area contributed by atoms with Crippen molar-refractivity contribution >= 4 is 34.7 Å². The number of benzene rings is 2. The number of nitrogen functional groups attached to an aromatic ring is 1. The van der Waals surface area contributed by atoms with Gasteiger partial charge in [0.05, 0.1) is 6.04 Å². The molecule has 2 aliphatic heterocycles. The van der Waals surface area contributed by atoms with E-state index in [1.807, 2.05) is 37.3 Å². The van der Waals surface area contributed by atoms with Crippen LogP contribution in [0.3, 0.4) is 0 Å². The molecule has 226 valence electrons. The Labute approximate surface area is 256 Å². The van der Waals surface area contributed by atoms with Crippen molar-refractivity contribution < 1.29 is 14.4 Å². The summed E-state index contributed by atoms with van der Waals surface area (Å²) in [6, 6.07) is 10.8. The fourth-order valence-electron chi connectivity index (χ4n) is 6.22. The predicted molar refractivity (Wildman–Crippen MR) is 166 cm³/mol. The third-order valence-electron chi connectivity index (χ3n) is 8.58. The van der Waals surface area contributed by atoms with E-state index in [4.69, 9.17) is 10.6 Å². The number of nitrogens with two attached hydrogens (primary N) is 1. The molecule has 0 unspecified atom stereocenters. The largest absolute Gasteiger partial charge is 0.394 e. The molecule has 45 heavy (non-hydrogen) atoms. The number of nitrogens with one attached hydrogen (secondary N) is 3. The van der Waals surface area contributed by atoms with E-state index in [9.17, 15) is 19.2 Å². The lowest BCUT2D eigenvalue weighted by molar-refractivity contribution is 0.0931. The molecular weight excluding hydrogens is 576 g/mol. The molecule has 2 amide bonds. The molecule has 0 bridgehead atoms. The Kier molecular flexibility index (Phi) is 6.65. The van der Waals surface area contributed by atoms with E-state index in [1.54, 1.807) is 4.90 Å². The smallest absolute Gasteiger partial charge is 0.270 e. The zero-order valence-electron chi connectivity index (χ0n) is 24.3. The van der Waals surface area contributed by atoms with Crippen LogP contribution in [0.2, 0.25) is 0 Å². The van der Waals surface area contributed by atoms with Gasteiger partial charge >= 0.3 is 0 Å². The lowest BCUT2D eigenvalue weighted by Gasteiger charge is -2.22. The molecule has 3 aliphatic rings. The molecule has 0 fully saturated rings. The van der Waals surface area contributed by atoms with Gasteiger partial charge in [-0.05, 0) is 66.6 Å². The van der Waals surface area contributed by atoms with E-state index >= 15 is 0 Å². The molecule has 0 saturated heterocycles. The molecule has 0 saturated carbocycles. The van der Waals surface area contributed by atoms with E-state index in [0.29, 0.717) is 24.7 Å². The van der Waals surface area contributed by atoms with Gasteiger partial charge in [-0.1, -0.05) is 24.3 Å². The van der Waals surface area contributed by atoms with Crippen molar-refractivity contribution in [3.05, 3.63) is 120 Å². The Hall–Kier alpha value is -5.85. The molecule has 4 aromatic rings. The van der Waals surface area contributed by atoms with Gasteiger partial charge in [0.25, 0.3) is 22.7 Å². The van der Waals surface area contributed by atoms with E-state index in [2.05, 4.69) is 37.7 Å². The number of aliphatic imine (C=N–C) groups is 1. The molecule has 13 nitrogen and oxygen atoms in total. The van der Waals surface area contributed by atoms with Gasteiger partial charge in [0, 0.05) is 30.4 Å². The number of amides is 2. The predicted octanol–water partition coefficient (Wildman–Crippen LogP) is 1.76. The summed E-state index contributed by atoms with van der Waals surface area (Å²) in [4.78, 5) is 69.3. The van der Waals surface area contributed by atoms with Gasteiger partial charge in [-0.15, -0.1) is 0 Å². The first-order chi connectivity index (χ1) is 21.7. The number of carbonyl (C=O) groups is 2. The van der Waals surface area contributed by atoms with Gasteiger partial charge in [-0.2, -0.15) is 4.99 Å². The summed E-state index contributed by atoms with van der Waals surface area (Å²) in [6.45, 7) is 6.43. The van der Waals surface area contributed by atoms with Crippen molar-refractivity contribution in [3.8, 4) is 0 Å². The zero-order chi connectivity index (χ0) is 31.4. The highest BCUT2D eigenvalue weighted by Crippen LogP contribution is 2.37. The number of fused-ring (bicyclic) bond motifs is 2. The van der Waals surface area contributed by atoms with Crippen molar-refractivity contribution in [3.63, 3.8) is 0 Å². The van der Waals surface area contributed by atoms with Gasteiger partial charge < -0.3 is 26.1 Å². The average molecular weight is 605 g/mol. The summed E-state index contributed by atoms with van der Waals surface area (Å²) in [5, 5.41) is 5.87. The first kappa shape index (κ1) is 28.0. The molecule has 1 atom stereocenters. The summed E-state index contributed by atoms with van der Waals surface area (Å²) in [6.07, 6.45) is 3.40. The van der Waals surface area contributed by atoms with Crippen molar-refractivity contribution in [2.24, 2.45) is 4.99 Å². The summed E-state index contributed by atoms with van der Waals surface area (Å²) < 4.78 is 0. The van der Waals surface area contributed by atoms with Gasteiger partial charge in [-0.3, -0.25) is 19.2 Å². The molecular formula is C32H28N8O5. The molecule has 1 aromatic heterocycles. The Morgan fingerprint density at radius 1 is 1.09 bits per heavy atom. The van der Waals surface area contributed by atoms with Crippen LogP contribution in [0.1, 0.15) is 66.8 Å². The monoisotopic (exact) mass is 604 g/mol. The lowest BCUT2D eigenvalue weighted by atomic mass is 9.97. The molecule has 0 spiro atoms. The molecule has 13 heteroatoms. The van der Waals surface area contributed by atoms with Crippen molar-refractivity contribution in [2.75, 3.05) is 17.2 Å². The van der Waals surface area contributed by atoms with Crippen LogP contribution in [0, 0.1) is 6.92 Å². The lowest BCUT2D eigenvalue weighted by Crippen LogP contribution is -2.40. The number of rotatable bonds is 7. The second-order valence-corrected chi connectivity index (χ2v) is 11.2. The summed E-state index contributed by atoms with van der Waals surface area (Å²) >= 11 is 0. The molecule has 1 aliphatic carbocycles. The quantitative estimate of drug-likeness (QED) is 0.227. The Bertz CT molecular complexity index is 2040. The van der Waals surface area contributed by atoms with E-state index in [0.717, 1.165) is 51.9 Å². The minimum Gasteiger partial charge on any atom is -0.394 e. The third kappa shape index (κ3) is 4.78.